The number of hydrogen-bond donors (Lipinski definition) is 2. The Bertz CT molecular complexity index is 831. The first kappa shape index (κ1) is 19.3. The summed E-state index contributed by atoms with van der Waals surface area (Å²) in [5, 5.41) is 4.68. The summed E-state index contributed by atoms with van der Waals surface area (Å²) in [4.78, 5) is 38.6. The van der Waals surface area contributed by atoms with Crippen molar-refractivity contribution in [1.29, 1.82) is 0 Å². The fourth-order valence-electron chi connectivity index (χ4n) is 1.72. The number of nitrogens with one attached hydrogen (secondary N) is 2. The van der Waals surface area contributed by atoms with Crippen molar-refractivity contribution in [3.05, 3.63) is 58.9 Å². The molecule has 0 aliphatic heterocycles. The molecule has 26 heavy (non-hydrogen) atoms. The number of anilines is 1. The van der Waals surface area contributed by atoms with Crippen LogP contribution >= 0.6 is 11.6 Å². The lowest BCUT2D eigenvalue weighted by molar-refractivity contribution is -0.126. The molecule has 0 aliphatic carbocycles. The second-order valence-electron chi connectivity index (χ2n) is 4.90. The zero-order valence-electron chi connectivity index (χ0n) is 13.1. The van der Waals surface area contributed by atoms with Crippen LogP contribution in [0.15, 0.2) is 36.5 Å². The molecule has 0 saturated carbocycles. The Kier molecular flexibility index (Phi) is 6.56. The molecule has 0 radical (unpaired) electrons. The van der Waals surface area contributed by atoms with Gasteiger partial charge in [0.05, 0.1) is 12.1 Å². The molecule has 2 N–H and O–H groups in total. The van der Waals surface area contributed by atoms with E-state index in [-0.39, 0.29) is 16.4 Å². The summed E-state index contributed by atoms with van der Waals surface area (Å²) in [6.07, 6.45) is 1.19. The normalized spacial score (nSPS) is 10.1. The molecule has 0 fully saturated rings. The number of nitrogens with zero attached hydrogens (tertiary/aromatic N) is 1. The molecule has 1 heterocycles. The Morgan fingerprint density at radius 2 is 1.85 bits per heavy atom. The van der Waals surface area contributed by atoms with Crippen molar-refractivity contribution < 1.29 is 27.9 Å². The van der Waals surface area contributed by atoms with Crippen LogP contribution in [0.2, 0.25) is 5.15 Å². The lowest BCUT2D eigenvalue weighted by atomic mass is 10.3. The van der Waals surface area contributed by atoms with Crippen molar-refractivity contribution in [3.8, 4) is 0 Å². The van der Waals surface area contributed by atoms with Gasteiger partial charge >= 0.3 is 5.97 Å². The number of rotatable bonds is 6. The Morgan fingerprint density at radius 3 is 2.50 bits per heavy atom. The van der Waals surface area contributed by atoms with Gasteiger partial charge in [-0.05, 0) is 24.3 Å². The number of ether oxygens (including phenoxy) is 1. The highest BCUT2D eigenvalue weighted by Crippen LogP contribution is 2.12. The minimum Gasteiger partial charge on any atom is -0.452 e. The van der Waals surface area contributed by atoms with Crippen LogP contribution < -0.4 is 10.6 Å². The van der Waals surface area contributed by atoms with Crippen LogP contribution in [0.1, 0.15) is 10.4 Å². The third-order valence-corrected chi connectivity index (χ3v) is 3.17. The first-order valence-corrected chi connectivity index (χ1v) is 7.53. The highest BCUT2D eigenvalue weighted by Gasteiger charge is 2.12. The maximum Gasteiger partial charge on any atom is 0.340 e. The molecule has 1 aromatic carbocycles. The van der Waals surface area contributed by atoms with Crippen molar-refractivity contribution in [1.82, 2.24) is 10.3 Å². The van der Waals surface area contributed by atoms with E-state index < -0.39 is 42.6 Å². The number of benzene rings is 1. The summed E-state index contributed by atoms with van der Waals surface area (Å²) in [5.41, 5.74) is 0.142. The van der Waals surface area contributed by atoms with Gasteiger partial charge in [-0.15, -0.1) is 0 Å². The fraction of sp³-hybridized carbons (Fsp3) is 0.125. The zero-order valence-corrected chi connectivity index (χ0v) is 13.8. The third kappa shape index (κ3) is 5.78. The minimum absolute atomic E-state index is 0.0322. The van der Waals surface area contributed by atoms with E-state index in [9.17, 15) is 23.2 Å². The maximum absolute atomic E-state index is 13.0. The molecule has 10 heteroatoms. The first-order valence-electron chi connectivity index (χ1n) is 7.15. The summed E-state index contributed by atoms with van der Waals surface area (Å²) in [5.74, 6) is -4.33. The van der Waals surface area contributed by atoms with Gasteiger partial charge < -0.3 is 15.4 Å². The number of hydrogen-bond acceptors (Lipinski definition) is 5. The van der Waals surface area contributed by atoms with E-state index in [4.69, 9.17) is 16.3 Å². The van der Waals surface area contributed by atoms with Crippen LogP contribution in [-0.4, -0.2) is 35.9 Å². The van der Waals surface area contributed by atoms with Crippen molar-refractivity contribution in [3.63, 3.8) is 0 Å². The number of esters is 1. The predicted molar refractivity (Wildman–Crippen MR) is 87.5 cm³/mol. The van der Waals surface area contributed by atoms with Gasteiger partial charge in [0.1, 0.15) is 5.15 Å². The topological polar surface area (TPSA) is 97.4 Å². The second-order valence-corrected chi connectivity index (χ2v) is 5.29. The van der Waals surface area contributed by atoms with E-state index in [1.807, 2.05) is 0 Å². The number of halogens is 3. The minimum atomic E-state index is -1.12. The van der Waals surface area contributed by atoms with Crippen LogP contribution in [-0.2, 0) is 14.3 Å². The molecule has 0 unspecified atom stereocenters. The molecule has 2 rings (SSSR count). The van der Waals surface area contributed by atoms with E-state index in [0.29, 0.717) is 0 Å². The van der Waals surface area contributed by atoms with Gasteiger partial charge in [0, 0.05) is 18.0 Å². The number of amides is 2. The number of pyridine rings is 1. The number of carbonyl (C=O) groups is 3. The van der Waals surface area contributed by atoms with Crippen LogP contribution in [0, 0.1) is 11.6 Å². The quantitative estimate of drug-likeness (QED) is 0.586. The van der Waals surface area contributed by atoms with Gasteiger partial charge in [0.2, 0.25) is 5.91 Å². The smallest absolute Gasteiger partial charge is 0.340 e. The molecule has 7 nitrogen and oxygen atoms in total. The molecule has 0 bridgehead atoms. The molecule has 1 aromatic heterocycles. The lowest BCUT2D eigenvalue weighted by Crippen LogP contribution is -2.35. The van der Waals surface area contributed by atoms with Gasteiger partial charge in [0.15, 0.2) is 18.2 Å². The van der Waals surface area contributed by atoms with Crippen molar-refractivity contribution in [2.45, 2.75) is 0 Å². The molecular weight excluding hydrogens is 372 g/mol. The summed E-state index contributed by atoms with van der Waals surface area (Å²) in [7, 11) is 0. The van der Waals surface area contributed by atoms with Gasteiger partial charge in [-0.2, -0.15) is 0 Å². The van der Waals surface area contributed by atoms with Gasteiger partial charge in [-0.1, -0.05) is 11.6 Å². The van der Waals surface area contributed by atoms with Crippen LogP contribution in [0.25, 0.3) is 0 Å². The van der Waals surface area contributed by atoms with Crippen LogP contribution in [0.4, 0.5) is 14.5 Å². The average molecular weight is 384 g/mol. The largest absolute Gasteiger partial charge is 0.452 e. The monoisotopic (exact) mass is 383 g/mol. The van der Waals surface area contributed by atoms with E-state index in [1.54, 1.807) is 0 Å². The Balaban J connectivity index is 1.73. The molecule has 0 aliphatic rings. The summed E-state index contributed by atoms with van der Waals surface area (Å²) >= 11 is 5.58. The van der Waals surface area contributed by atoms with Crippen molar-refractivity contribution in [2.75, 3.05) is 18.5 Å². The van der Waals surface area contributed by atoms with E-state index in [1.165, 1.54) is 24.4 Å². The zero-order chi connectivity index (χ0) is 19.1. The molecule has 2 amide bonds. The number of carbonyl (C=O) groups excluding carboxylic acids is 3. The Labute approximate surface area is 151 Å². The van der Waals surface area contributed by atoms with Crippen molar-refractivity contribution >= 4 is 35.1 Å². The average Bonchev–Trinajstić information content (AvgIpc) is 2.61. The maximum atomic E-state index is 13.0. The Hall–Kier alpha value is -3.07. The molecule has 0 spiro atoms. The standard InChI is InChI=1S/C16H12ClF2N3O4/c17-13-4-1-9(6-20-13)16(25)26-8-15(24)21-7-14(23)22-10-2-3-11(18)12(19)5-10/h1-6H,7-8H2,(H,21,24)(H,22,23). The summed E-state index contributed by atoms with van der Waals surface area (Å²) in [6.45, 7) is -1.06. The fourth-order valence-corrected chi connectivity index (χ4v) is 1.83. The number of aromatic nitrogens is 1. The molecular formula is C16H12ClF2N3O4. The highest BCUT2D eigenvalue weighted by molar-refractivity contribution is 6.29. The van der Waals surface area contributed by atoms with Crippen LogP contribution in [0.5, 0.6) is 0 Å². The van der Waals surface area contributed by atoms with Gasteiger partial charge in [-0.25, -0.2) is 18.6 Å². The van der Waals surface area contributed by atoms with E-state index in [0.717, 1.165) is 12.1 Å². The predicted octanol–water partition coefficient (Wildman–Crippen LogP) is 1.92. The lowest BCUT2D eigenvalue weighted by Gasteiger charge is -2.08. The second kappa shape index (κ2) is 8.86. The van der Waals surface area contributed by atoms with Crippen molar-refractivity contribution in [2.24, 2.45) is 0 Å². The first-order chi connectivity index (χ1) is 12.3. The molecule has 136 valence electrons. The summed E-state index contributed by atoms with van der Waals surface area (Å²) in [6, 6.07) is 5.59. The molecule has 0 saturated heterocycles. The van der Waals surface area contributed by atoms with Crippen LogP contribution in [0.3, 0.4) is 0 Å². The highest BCUT2D eigenvalue weighted by atomic mass is 35.5. The molecule has 0 atom stereocenters. The third-order valence-electron chi connectivity index (χ3n) is 2.95. The van der Waals surface area contributed by atoms with E-state index in [2.05, 4.69) is 15.6 Å². The SMILES string of the molecule is O=C(COC(=O)c1ccc(Cl)nc1)NCC(=O)Nc1ccc(F)c(F)c1. The van der Waals surface area contributed by atoms with E-state index >= 15 is 0 Å². The Morgan fingerprint density at radius 1 is 1.08 bits per heavy atom. The molecule has 2 aromatic rings. The summed E-state index contributed by atoms with van der Waals surface area (Å²) < 4.78 is 30.6. The van der Waals surface area contributed by atoms with Gasteiger partial charge in [0.25, 0.3) is 5.91 Å². The van der Waals surface area contributed by atoms with Gasteiger partial charge in [-0.3, -0.25) is 9.59 Å².